The molecular weight excluding hydrogens is 328 g/mol. The lowest BCUT2D eigenvalue weighted by molar-refractivity contribution is -0.131. The molecule has 0 radical (unpaired) electrons. The molecule has 1 aliphatic heterocycles. The summed E-state index contributed by atoms with van der Waals surface area (Å²) in [5.41, 5.74) is 1.32. The van der Waals surface area contributed by atoms with E-state index in [0.29, 0.717) is 12.3 Å². The number of hydrogen-bond donors (Lipinski definition) is 0. The Bertz CT molecular complexity index is 424. The third-order valence-electron chi connectivity index (χ3n) is 4.04. The summed E-state index contributed by atoms with van der Waals surface area (Å²) in [4.78, 5) is 16.8. The highest BCUT2D eigenvalue weighted by Crippen LogP contribution is 2.09. The minimum atomic E-state index is 0.326. The first-order valence-electron chi connectivity index (χ1n) is 7.89. The molecule has 21 heavy (non-hydrogen) atoms. The summed E-state index contributed by atoms with van der Waals surface area (Å²) < 4.78 is 0. The van der Waals surface area contributed by atoms with Crippen molar-refractivity contribution >= 4 is 21.8 Å². The molecule has 1 amide bonds. The maximum atomic E-state index is 12.3. The average Bonchev–Trinajstić information content (AvgIpc) is 2.74. The van der Waals surface area contributed by atoms with Crippen molar-refractivity contribution in [2.75, 3.05) is 38.1 Å². The van der Waals surface area contributed by atoms with Crippen LogP contribution in [0.2, 0.25) is 0 Å². The van der Waals surface area contributed by atoms with Crippen molar-refractivity contribution < 1.29 is 4.79 Å². The minimum Gasteiger partial charge on any atom is -0.341 e. The SMILES string of the molecule is O=C(CCCc1ccccc1)N1CCCN(CCBr)CC1. The fraction of sp³-hybridized carbons (Fsp3) is 0.588. The van der Waals surface area contributed by atoms with Gasteiger partial charge in [-0.1, -0.05) is 46.3 Å². The predicted octanol–water partition coefficient (Wildman–Crippen LogP) is 2.94. The Morgan fingerprint density at radius 1 is 1.10 bits per heavy atom. The van der Waals surface area contributed by atoms with Crippen LogP contribution in [0.1, 0.15) is 24.8 Å². The number of rotatable bonds is 6. The van der Waals surface area contributed by atoms with E-state index >= 15 is 0 Å². The zero-order valence-corrected chi connectivity index (χ0v) is 14.2. The van der Waals surface area contributed by atoms with Crippen LogP contribution in [0.15, 0.2) is 30.3 Å². The molecule has 0 unspecified atom stereocenters. The van der Waals surface area contributed by atoms with Gasteiger partial charge in [-0.15, -0.1) is 0 Å². The summed E-state index contributed by atoms with van der Waals surface area (Å²) >= 11 is 3.49. The second-order valence-corrected chi connectivity index (χ2v) is 6.40. The second-order valence-electron chi connectivity index (χ2n) is 5.60. The van der Waals surface area contributed by atoms with Crippen LogP contribution in [0.3, 0.4) is 0 Å². The first-order chi connectivity index (χ1) is 10.3. The highest BCUT2D eigenvalue weighted by molar-refractivity contribution is 9.09. The molecule has 0 N–H and O–H groups in total. The van der Waals surface area contributed by atoms with E-state index in [1.807, 2.05) is 6.07 Å². The molecule has 0 aliphatic carbocycles. The van der Waals surface area contributed by atoms with Gasteiger partial charge < -0.3 is 9.80 Å². The molecule has 116 valence electrons. The van der Waals surface area contributed by atoms with Crippen LogP contribution in [0.25, 0.3) is 0 Å². The molecule has 0 atom stereocenters. The highest BCUT2D eigenvalue weighted by atomic mass is 79.9. The van der Waals surface area contributed by atoms with Gasteiger partial charge in [0.1, 0.15) is 0 Å². The normalized spacial score (nSPS) is 16.7. The third kappa shape index (κ3) is 5.79. The van der Waals surface area contributed by atoms with Gasteiger partial charge in [-0.05, 0) is 31.4 Å². The Morgan fingerprint density at radius 3 is 2.67 bits per heavy atom. The molecular formula is C17H25BrN2O. The zero-order chi connectivity index (χ0) is 14.9. The minimum absolute atomic E-state index is 0.326. The number of nitrogens with zero attached hydrogens (tertiary/aromatic N) is 2. The van der Waals surface area contributed by atoms with Crippen molar-refractivity contribution in [3.05, 3.63) is 35.9 Å². The summed E-state index contributed by atoms with van der Waals surface area (Å²) in [6, 6.07) is 10.4. The van der Waals surface area contributed by atoms with Crippen molar-refractivity contribution in [1.29, 1.82) is 0 Å². The van der Waals surface area contributed by atoms with Crippen LogP contribution in [0, 0.1) is 0 Å². The summed E-state index contributed by atoms with van der Waals surface area (Å²) in [5.74, 6) is 0.326. The Morgan fingerprint density at radius 2 is 1.90 bits per heavy atom. The van der Waals surface area contributed by atoms with E-state index in [2.05, 4.69) is 50.0 Å². The van der Waals surface area contributed by atoms with Crippen LogP contribution in [0.4, 0.5) is 0 Å². The van der Waals surface area contributed by atoms with Gasteiger partial charge in [-0.2, -0.15) is 0 Å². The largest absolute Gasteiger partial charge is 0.341 e. The Balaban J connectivity index is 1.70. The molecule has 1 aliphatic rings. The number of alkyl halides is 1. The van der Waals surface area contributed by atoms with E-state index in [9.17, 15) is 4.79 Å². The van der Waals surface area contributed by atoms with E-state index in [0.717, 1.165) is 57.3 Å². The zero-order valence-electron chi connectivity index (χ0n) is 12.6. The lowest BCUT2D eigenvalue weighted by Crippen LogP contribution is -2.35. The van der Waals surface area contributed by atoms with E-state index in [-0.39, 0.29) is 0 Å². The van der Waals surface area contributed by atoms with Crippen molar-refractivity contribution in [3.63, 3.8) is 0 Å². The number of amides is 1. The monoisotopic (exact) mass is 352 g/mol. The van der Waals surface area contributed by atoms with Crippen LogP contribution >= 0.6 is 15.9 Å². The topological polar surface area (TPSA) is 23.6 Å². The summed E-state index contributed by atoms with van der Waals surface area (Å²) in [7, 11) is 0. The highest BCUT2D eigenvalue weighted by Gasteiger charge is 2.18. The number of carbonyl (C=O) groups is 1. The molecule has 0 saturated carbocycles. The number of benzene rings is 1. The Kier molecular flexibility index (Phi) is 7.24. The quantitative estimate of drug-likeness (QED) is 0.735. The van der Waals surface area contributed by atoms with Gasteiger partial charge in [0.2, 0.25) is 5.91 Å². The van der Waals surface area contributed by atoms with Crippen LogP contribution in [-0.4, -0.2) is 53.8 Å². The van der Waals surface area contributed by atoms with Gasteiger partial charge in [-0.3, -0.25) is 4.79 Å². The van der Waals surface area contributed by atoms with Crippen LogP contribution < -0.4 is 0 Å². The summed E-state index contributed by atoms with van der Waals surface area (Å²) in [5, 5.41) is 1.01. The fourth-order valence-corrected chi connectivity index (χ4v) is 3.31. The maximum absolute atomic E-state index is 12.3. The molecule has 1 heterocycles. The van der Waals surface area contributed by atoms with Crippen molar-refractivity contribution in [3.8, 4) is 0 Å². The smallest absolute Gasteiger partial charge is 0.222 e. The second kappa shape index (κ2) is 9.21. The number of aryl methyl sites for hydroxylation is 1. The standard InChI is InChI=1S/C17H25BrN2O/c18-10-13-19-11-5-12-20(15-14-19)17(21)9-4-8-16-6-2-1-3-7-16/h1-3,6-7H,4-5,8-15H2. The van der Waals surface area contributed by atoms with E-state index in [1.165, 1.54) is 5.56 Å². The van der Waals surface area contributed by atoms with Crippen molar-refractivity contribution in [2.45, 2.75) is 25.7 Å². The molecule has 3 nitrogen and oxygen atoms in total. The lowest BCUT2D eigenvalue weighted by Gasteiger charge is -2.21. The first-order valence-corrected chi connectivity index (χ1v) is 9.02. The Labute approximate surface area is 136 Å². The molecule has 1 aromatic carbocycles. The van der Waals surface area contributed by atoms with Crippen molar-refractivity contribution in [2.24, 2.45) is 0 Å². The van der Waals surface area contributed by atoms with E-state index in [4.69, 9.17) is 0 Å². The average molecular weight is 353 g/mol. The van der Waals surface area contributed by atoms with Gasteiger partial charge in [0.05, 0.1) is 0 Å². The molecule has 0 spiro atoms. The third-order valence-corrected chi connectivity index (χ3v) is 4.40. The summed E-state index contributed by atoms with van der Waals surface area (Å²) in [6.07, 6.45) is 3.71. The van der Waals surface area contributed by atoms with Crippen LogP contribution in [0.5, 0.6) is 0 Å². The molecule has 1 fully saturated rings. The molecule has 0 bridgehead atoms. The van der Waals surface area contributed by atoms with Crippen LogP contribution in [-0.2, 0) is 11.2 Å². The predicted molar refractivity (Wildman–Crippen MR) is 90.8 cm³/mol. The lowest BCUT2D eigenvalue weighted by atomic mass is 10.1. The van der Waals surface area contributed by atoms with Gasteiger partial charge >= 0.3 is 0 Å². The fourth-order valence-electron chi connectivity index (χ4n) is 2.81. The summed E-state index contributed by atoms with van der Waals surface area (Å²) in [6.45, 7) is 5.01. The molecule has 0 aromatic heterocycles. The Hall–Kier alpha value is -0.870. The van der Waals surface area contributed by atoms with Gasteiger partial charge in [0.15, 0.2) is 0 Å². The number of halogens is 1. The first kappa shape index (κ1) is 16.5. The van der Waals surface area contributed by atoms with E-state index in [1.54, 1.807) is 0 Å². The maximum Gasteiger partial charge on any atom is 0.222 e. The molecule has 4 heteroatoms. The van der Waals surface area contributed by atoms with E-state index < -0.39 is 0 Å². The number of carbonyl (C=O) groups excluding carboxylic acids is 1. The van der Waals surface area contributed by atoms with Gasteiger partial charge in [0, 0.05) is 37.9 Å². The molecule has 1 saturated heterocycles. The number of hydrogen-bond acceptors (Lipinski definition) is 2. The molecule has 1 aromatic rings. The van der Waals surface area contributed by atoms with Gasteiger partial charge in [0.25, 0.3) is 0 Å². The molecule has 2 rings (SSSR count). The van der Waals surface area contributed by atoms with Crippen molar-refractivity contribution in [1.82, 2.24) is 9.80 Å². The van der Waals surface area contributed by atoms with Gasteiger partial charge in [-0.25, -0.2) is 0 Å².